The van der Waals surface area contributed by atoms with Gasteiger partial charge in [0, 0.05) is 30.0 Å². The van der Waals surface area contributed by atoms with Crippen molar-refractivity contribution in [3.05, 3.63) is 64.7 Å². The van der Waals surface area contributed by atoms with Gasteiger partial charge in [-0.15, -0.1) is 0 Å². The lowest BCUT2D eigenvalue weighted by Crippen LogP contribution is -2.37. The summed E-state index contributed by atoms with van der Waals surface area (Å²) in [5, 5.41) is 3.72. The number of nitrogens with zero attached hydrogens (tertiary/aromatic N) is 1. The van der Waals surface area contributed by atoms with Gasteiger partial charge in [-0.1, -0.05) is 41.9 Å². The molecule has 146 valence electrons. The number of ether oxygens (including phenoxy) is 1. The van der Waals surface area contributed by atoms with Crippen molar-refractivity contribution in [3.8, 4) is 5.75 Å². The molecular weight excluding hydrogens is 376 g/mol. The minimum Gasteiger partial charge on any atom is -0.493 e. The van der Waals surface area contributed by atoms with Gasteiger partial charge in [0.05, 0.1) is 24.6 Å². The third-order valence-corrected chi connectivity index (χ3v) is 5.84. The molecular formula is C22H23ClN2O3. The lowest BCUT2D eigenvalue weighted by atomic mass is 9.99. The molecule has 5 nitrogen and oxygen atoms in total. The van der Waals surface area contributed by atoms with E-state index in [4.69, 9.17) is 16.3 Å². The summed E-state index contributed by atoms with van der Waals surface area (Å²) in [6, 6.07) is 15.2. The quantitative estimate of drug-likeness (QED) is 0.850. The first-order chi connectivity index (χ1) is 13.5. The molecule has 1 N–H and O–H groups in total. The zero-order valence-corrected chi connectivity index (χ0v) is 16.5. The Morgan fingerprint density at radius 3 is 2.82 bits per heavy atom. The SMILES string of the molecule is CC(c1ccccc1)N1CC(C(=O)NC2CCOc3ccc(Cl)cc32)CC1=O. The Hall–Kier alpha value is -2.53. The Labute approximate surface area is 169 Å². The molecule has 3 atom stereocenters. The van der Waals surface area contributed by atoms with Gasteiger partial charge < -0.3 is 15.0 Å². The van der Waals surface area contributed by atoms with Gasteiger partial charge in [-0.2, -0.15) is 0 Å². The van der Waals surface area contributed by atoms with Crippen molar-refractivity contribution in [2.24, 2.45) is 5.92 Å². The van der Waals surface area contributed by atoms with E-state index in [1.165, 1.54) is 0 Å². The molecule has 2 heterocycles. The Morgan fingerprint density at radius 2 is 2.04 bits per heavy atom. The second-order valence-electron chi connectivity index (χ2n) is 7.41. The number of likely N-dealkylation sites (tertiary alicyclic amines) is 1. The fraction of sp³-hybridized carbons (Fsp3) is 0.364. The molecule has 0 aromatic heterocycles. The van der Waals surface area contributed by atoms with Crippen LogP contribution in [0.3, 0.4) is 0 Å². The Morgan fingerprint density at radius 1 is 1.25 bits per heavy atom. The van der Waals surface area contributed by atoms with Gasteiger partial charge in [-0.05, 0) is 30.7 Å². The fourth-order valence-electron chi connectivity index (χ4n) is 4.00. The number of carbonyl (C=O) groups is 2. The average molecular weight is 399 g/mol. The van der Waals surface area contributed by atoms with Crippen molar-refractivity contribution in [1.82, 2.24) is 10.2 Å². The normalized spacial score (nSPS) is 22.4. The Kier molecular flexibility index (Phi) is 5.27. The third-order valence-electron chi connectivity index (χ3n) is 5.61. The van der Waals surface area contributed by atoms with E-state index >= 15 is 0 Å². The minimum atomic E-state index is -0.343. The zero-order valence-electron chi connectivity index (χ0n) is 15.7. The topological polar surface area (TPSA) is 58.6 Å². The van der Waals surface area contributed by atoms with Crippen LogP contribution in [0, 0.1) is 5.92 Å². The molecule has 2 amide bonds. The minimum absolute atomic E-state index is 0.0203. The van der Waals surface area contributed by atoms with Crippen molar-refractivity contribution in [3.63, 3.8) is 0 Å². The van der Waals surface area contributed by atoms with Crippen molar-refractivity contribution >= 4 is 23.4 Å². The van der Waals surface area contributed by atoms with Crippen molar-refractivity contribution in [2.45, 2.75) is 31.8 Å². The van der Waals surface area contributed by atoms with Gasteiger partial charge in [-0.25, -0.2) is 0 Å². The van der Waals surface area contributed by atoms with Crippen LogP contribution >= 0.6 is 11.6 Å². The number of hydrogen-bond donors (Lipinski definition) is 1. The summed E-state index contributed by atoms with van der Waals surface area (Å²) in [5.74, 6) is 0.341. The van der Waals surface area contributed by atoms with Gasteiger partial charge in [0.2, 0.25) is 11.8 Å². The molecule has 3 unspecified atom stereocenters. The smallest absolute Gasteiger partial charge is 0.225 e. The molecule has 2 aromatic carbocycles. The lowest BCUT2D eigenvalue weighted by molar-refractivity contribution is -0.130. The van der Waals surface area contributed by atoms with Crippen LogP contribution in [0.2, 0.25) is 5.02 Å². The van der Waals surface area contributed by atoms with Crippen LogP contribution < -0.4 is 10.1 Å². The van der Waals surface area contributed by atoms with Crippen molar-refractivity contribution in [2.75, 3.05) is 13.2 Å². The van der Waals surface area contributed by atoms with E-state index < -0.39 is 0 Å². The molecule has 0 saturated carbocycles. The van der Waals surface area contributed by atoms with Crippen molar-refractivity contribution in [1.29, 1.82) is 0 Å². The first-order valence-electron chi connectivity index (χ1n) is 9.60. The maximum Gasteiger partial charge on any atom is 0.225 e. The van der Waals surface area contributed by atoms with Crippen LogP contribution in [0.1, 0.15) is 43.0 Å². The molecule has 4 rings (SSSR count). The predicted molar refractivity (Wildman–Crippen MR) is 107 cm³/mol. The van der Waals surface area contributed by atoms with Gasteiger partial charge in [0.1, 0.15) is 5.75 Å². The fourth-order valence-corrected chi connectivity index (χ4v) is 4.18. The Balaban J connectivity index is 1.44. The zero-order chi connectivity index (χ0) is 19.7. The van der Waals surface area contributed by atoms with E-state index in [1.54, 1.807) is 11.0 Å². The number of rotatable bonds is 4. The van der Waals surface area contributed by atoms with E-state index in [9.17, 15) is 9.59 Å². The first kappa shape index (κ1) is 18.8. The molecule has 1 saturated heterocycles. The number of hydrogen-bond acceptors (Lipinski definition) is 3. The van der Waals surface area contributed by atoms with E-state index in [-0.39, 0.29) is 36.2 Å². The second-order valence-corrected chi connectivity index (χ2v) is 7.85. The summed E-state index contributed by atoms with van der Waals surface area (Å²) in [6.07, 6.45) is 0.929. The summed E-state index contributed by atoms with van der Waals surface area (Å²) in [4.78, 5) is 27.2. The largest absolute Gasteiger partial charge is 0.493 e. The summed E-state index contributed by atoms with van der Waals surface area (Å²) in [5.41, 5.74) is 1.97. The van der Waals surface area contributed by atoms with Crippen molar-refractivity contribution < 1.29 is 14.3 Å². The van der Waals surface area contributed by atoms with Crippen LogP contribution in [-0.4, -0.2) is 29.9 Å². The number of halogens is 1. The van der Waals surface area contributed by atoms with Gasteiger partial charge in [0.15, 0.2) is 0 Å². The molecule has 2 aliphatic heterocycles. The van der Waals surface area contributed by atoms with Crippen LogP contribution in [0.4, 0.5) is 0 Å². The van der Waals surface area contributed by atoms with E-state index in [2.05, 4.69) is 5.32 Å². The summed E-state index contributed by atoms with van der Waals surface area (Å²) < 4.78 is 5.66. The molecule has 2 aliphatic rings. The van der Waals surface area contributed by atoms with E-state index in [0.717, 1.165) is 16.9 Å². The number of fused-ring (bicyclic) bond motifs is 1. The highest BCUT2D eigenvalue weighted by Crippen LogP contribution is 2.35. The van der Waals surface area contributed by atoms with Crippen LogP contribution in [0.5, 0.6) is 5.75 Å². The van der Waals surface area contributed by atoms with Crippen LogP contribution in [0.25, 0.3) is 0 Å². The summed E-state index contributed by atoms with van der Waals surface area (Å²) in [6.45, 7) is 2.98. The highest BCUT2D eigenvalue weighted by Gasteiger charge is 2.38. The molecule has 28 heavy (non-hydrogen) atoms. The maximum atomic E-state index is 12.9. The third kappa shape index (κ3) is 3.72. The summed E-state index contributed by atoms with van der Waals surface area (Å²) >= 11 is 6.12. The standard InChI is InChI=1S/C22H23ClN2O3/c1-14(15-5-3-2-4-6-15)25-13-16(11-21(25)26)22(27)24-19-9-10-28-20-8-7-17(23)12-18(19)20/h2-8,12,14,16,19H,9-11,13H2,1H3,(H,24,27). The molecule has 0 spiro atoms. The van der Waals surface area contributed by atoms with Gasteiger partial charge in [0.25, 0.3) is 0 Å². The van der Waals surface area contributed by atoms with Gasteiger partial charge in [-0.3, -0.25) is 9.59 Å². The van der Waals surface area contributed by atoms with Gasteiger partial charge >= 0.3 is 0 Å². The Bertz CT molecular complexity index is 887. The van der Waals surface area contributed by atoms with E-state index in [0.29, 0.717) is 24.6 Å². The highest BCUT2D eigenvalue weighted by atomic mass is 35.5. The van der Waals surface area contributed by atoms with E-state index in [1.807, 2.05) is 49.4 Å². The predicted octanol–water partition coefficient (Wildman–Crippen LogP) is 3.89. The molecule has 0 radical (unpaired) electrons. The number of amides is 2. The van der Waals surface area contributed by atoms with Crippen LogP contribution in [-0.2, 0) is 9.59 Å². The first-order valence-corrected chi connectivity index (χ1v) is 9.98. The summed E-state index contributed by atoms with van der Waals surface area (Å²) in [7, 11) is 0. The average Bonchev–Trinajstić information content (AvgIpc) is 3.10. The molecule has 2 aromatic rings. The lowest BCUT2D eigenvalue weighted by Gasteiger charge is -2.28. The molecule has 0 bridgehead atoms. The number of benzene rings is 2. The number of carbonyl (C=O) groups excluding carboxylic acids is 2. The second kappa shape index (κ2) is 7.84. The number of nitrogens with one attached hydrogen (secondary N) is 1. The monoisotopic (exact) mass is 398 g/mol. The molecule has 6 heteroatoms. The highest BCUT2D eigenvalue weighted by molar-refractivity contribution is 6.30. The maximum absolute atomic E-state index is 12.9. The molecule has 0 aliphatic carbocycles. The van der Waals surface area contributed by atoms with Crippen LogP contribution in [0.15, 0.2) is 48.5 Å². The molecule has 1 fully saturated rings.